The summed E-state index contributed by atoms with van der Waals surface area (Å²) in [6, 6.07) is 8.74. The van der Waals surface area contributed by atoms with Gasteiger partial charge in [0.2, 0.25) is 0 Å². The molecule has 1 N–H and O–H groups in total. The first kappa shape index (κ1) is 24.9. The average molecular weight is 478 g/mol. The fraction of sp³-hybridized carbons (Fsp3) is 0.500. The number of anilines is 2. The van der Waals surface area contributed by atoms with Crippen LogP contribution in [0.25, 0.3) is 11.4 Å². The van der Waals surface area contributed by atoms with Gasteiger partial charge in [-0.2, -0.15) is 0 Å². The zero-order chi connectivity index (χ0) is 24.0. The minimum Gasteiger partial charge on any atom is -0.383 e. The Morgan fingerprint density at radius 3 is 2.67 bits per heavy atom. The summed E-state index contributed by atoms with van der Waals surface area (Å²) in [4.78, 5) is 25.1. The van der Waals surface area contributed by atoms with E-state index in [-0.39, 0.29) is 17.8 Å². The highest BCUT2D eigenvalue weighted by molar-refractivity contribution is 7.89. The molecule has 1 aliphatic heterocycles. The Kier molecular flexibility index (Phi) is 8.22. The van der Waals surface area contributed by atoms with Crippen LogP contribution in [0.3, 0.4) is 0 Å². The lowest BCUT2D eigenvalue weighted by Gasteiger charge is -2.34. The monoisotopic (exact) mass is 477 g/mol. The summed E-state index contributed by atoms with van der Waals surface area (Å²) >= 11 is 0. The van der Waals surface area contributed by atoms with Crippen LogP contribution in [-0.4, -0.2) is 88.7 Å². The van der Waals surface area contributed by atoms with Crippen molar-refractivity contribution < 1.29 is 22.7 Å². The molecule has 2 aromatic rings. The van der Waals surface area contributed by atoms with Crippen LogP contribution in [0.5, 0.6) is 0 Å². The normalized spacial score (nSPS) is 16.5. The number of ether oxygens (including phenoxy) is 2. The number of nitrogens with zero attached hydrogens (tertiary/aromatic N) is 4. The summed E-state index contributed by atoms with van der Waals surface area (Å²) in [6.45, 7) is 4.79. The quantitative estimate of drug-likeness (QED) is 0.614. The molecule has 0 aliphatic carbocycles. The predicted octanol–water partition coefficient (Wildman–Crippen LogP) is 2.02. The third-order valence-corrected chi connectivity index (χ3v) is 6.03. The molecule has 0 radical (unpaired) electrons. The molecule has 11 heteroatoms. The Morgan fingerprint density at radius 1 is 1.30 bits per heavy atom. The van der Waals surface area contributed by atoms with Crippen LogP contribution >= 0.6 is 0 Å². The number of rotatable bonds is 8. The van der Waals surface area contributed by atoms with Gasteiger partial charge in [0.05, 0.1) is 37.3 Å². The molecule has 2 heterocycles. The number of aromatic nitrogens is 2. The van der Waals surface area contributed by atoms with Crippen LogP contribution in [-0.2, 0) is 25.1 Å². The number of methoxy groups -OCH3 is 1. The topological polar surface area (TPSA) is 114 Å². The van der Waals surface area contributed by atoms with E-state index < -0.39 is 9.84 Å². The van der Waals surface area contributed by atoms with Crippen molar-refractivity contribution in [1.82, 2.24) is 14.9 Å². The van der Waals surface area contributed by atoms with Crippen molar-refractivity contribution in [3.05, 3.63) is 36.0 Å². The van der Waals surface area contributed by atoms with Crippen molar-refractivity contribution in [2.75, 3.05) is 63.5 Å². The summed E-state index contributed by atoms with van der Waals surface area (Å²) < 4.78 is 34.4. The molecule has 1 atom stereocenters. The minimum atomic E-state index is -3.27. The van der Waals surface area contributed by atoms with Gasteiger partial charge in [-0.3, -0.25) is 0 Å². The van der Waals surface area contributed by atoms with E-state index in [1.807, 2.05) is 6.92 Å². The molecule has 1 aromatic heterocycles. The van der Waals surface area contributed by atoms with Crippen molar-refractivity contribution >= 4 is 27.4 Å². The molecule has 1 saturated heterocycles. The van der Waals surface area contributed by atoms with Crippen molar-refractivity contribution in [2.45, 2.75) is 18.7 Å². The maximum absolute atomic E-state index is 12.3. The molecule has 0 spiro atoms. The summed E-state index contributed by atoms with van der Waals surface area (Å²) in [5.41, 5.74) is 1.79. The SMILES string of the molecule is COCCN(C)C(=O)Nc1ccc(-c2nc(CS(C)(=O)=O)cc(N3CCOC[C@@H]3C)n2)cc1. The molecule has 1 fully saturated rings. The van der Waals surface area contributed by atoms with Gasteiger partial charge < -0.3 is 24.6 Å². The number of benzene rings is 1. The van der Waals surface area contributed by atoms with Gasteiger partial charge in [-0.15, -0.1) is 0 Å². The zero-order valence-corrected chi connectivity index (χ0v) is 20.3. The number of hydrogen-bond acceptors (Lipinski definition) is 8. The van der Waals surface area contributed by atoms with E-state index in [4.69, 9.17) is 14.5 Å². The van der Waals surface area contributed by atoms with E-state index in [1.165, 1.54) is 11.2 Å². The van der Waals surface area contributed by atoms with E-state index in [9.17, 15) is 13.2 Å². The largest absolute Gasteiger partial charge is 0.383 e. The first-order valence-corrected chi connectivity index (χ1v) is 12.7. The number of morpholine rings is 1. The predicted molar refractivity (Wildman–Crippen MR) is 127 cm³/mol. The van der Waals surface area contributed by atoms with Gasteiger partial charge in [0.15, 0.2) is 15.7 Å². The second kappa shape index (κ2) is 10.9. The van der Waals surface area contributed by atoms with Crippen LogP contribution < -0.4 is 10.2 Å². The zero-order valence-electron chi connectivity index (χ0n) is 19.4. The van der Waals surface area contributed by atoms with Gasteiger partial charge in [0.25, 0.3) is 0 Å². The van der Waals surface area contributed by atoms with Crippen LogP contribution in [0.4, 0.5) is 16.3 Å². The number of sulfone groups is 1. The summed E-state index contributed by atoms with van der Waals surface area (Å²) in [5, 5.41) is 2.83. The Morgan fingerprint density at radius 2 is 2.03 bits per heavy atom. The number of likely N-dealkylation sites (N-methyl/N-ethyl adjacent to an activating group) is 1. The average Bonchev–Trinajstić information content (AvgIpc) is 2.76. The highest BCUT2D eigenvalue weighted by Crippen LogP contribution is 2.25. The molecule has 1 aromatic carbocycles. The van der Waals surface area contributed by atoms with Gasteiger partial charge in [0, 0.05) is 50.8 Å². The third-order valence-electron chi connectivity index (χ3n) is 5.21. The maximum Gasteiger partial charge on any atom is 0.321 e. The van der Waals surface area contributed by atoms with Crippen molar-refractivity contribution in [1.29, 1.82) is 0 Å². The molecule has 10 nitrogen and oxygen atoms in total. The van der Waals surface area contributed by atoms with Crippen LogP contribution in [0.1, 0.15) is 12.6 Å². The lowest BCUT2D eigenvalue weighted by atomic mass is 10.2. The number of hydrogen-bond donors (Lipinski definition) is 1. The van der Waals surface area contributed by atoms with Crippen molar-refractivity contribution in [3.8, 4) is 11.4 Å². The van der Waals surface area contributed by atoms with E-state index >= 15 is 0 Å². The van der Waals surface area contributed by atoms with E-state index in [0.29, 0.717) is 55.9 Å². The maximum atomic E-state index is 12.3. The molecular weight excluding hydrogens is 446 g/mol. The standard InChI is InChI=1S/C22H31N5O5S/c1-16-14-32-12-10-27(16)20-13-19(15-33(4,29)30)23-21(25-20)17-5-7-18(8-6-17)24-22(28)26(2)9-11-31-3/h5-8,13,16H,9-12,14-15H2,1-4H3,(H,24,28)/t16-/m0/s1. The number of urea groups is 1. The molecule has 1 aliphatic rings. The number of amides is 2. The van der Waals surface area contributed by atoms with Gasteiger partial charge in [0.1, 0.15) is 5.82 Å². The Labute approximate surface area is 194 Å². The molecule has 2 amide bonds. The first-order valence-electron chi connectivity index (χ1n) is 10.7. The molecule has 33 heavy (non-hydrogen) atoms. The summed E-state index contributed by atoms with van der Waals surface area (Å²) in [6.07, 6.45) is 1.19. The smallest absolute Gasteiger partial charge is 0.321 e. The minimum absolute atomic E-state index is 0.111. The number of nitrogens with one attached hydrogen (secondary N) is 1. The van der Waals surface area contributed by atoms with Crippen molar-refractivity contribution in [2.24, 2.45) is 0 Å². The third kappa shape index (κ3) is 7.11. The first-order chi connectivity index (χ1) is 15.7. The Bertz CT molecular complexity index is 1060. The number of carbonyl (C=O) groups excluding carboxylic acids is 1. The molecule has 3 rings (SSSR count). The highest BCUT2D eigenvalue weighted by atomic mass is 32.2. The van der Waals surface area contributed by atoms with E-state index in [2.05, 4.69) is 15.2 Å². The number of carbonyl (C=O) groups is 1. The second-order valence-electron chi connectivity index (χ2n) is 8.15. The van der Waals surface area contributed by atoms with Crippen LogP contribution in [0.15, 0.2) is 30.3 Å². The summed E-state index contributed by atoms with van der Waals surface area (Å²) in [7, 11) is 0.0115. The molecule has 180 valence electrons. The Balaban J connectivity index is 1.85. The van der Waals surface area contributed by atoms with Crippen LogP contribution in [0.2, 0.25) is 0 Å². The highest BCUT2D eigenvalue weighted by Gasteiger charge is 2.22. The second-order valence-corrected chi connectivity index (χ2v) is 10.3. The van der Waals surface area contributed by atoms with Gasteiger partial charge >= 0.3 is 6.03 Å². The van der Waals surface area contributed by atoms with Crippen molar-refractivity contribution in [3.63, 3.8) is 0 Å². The fourth-order valence-electron chi connectivity index (χ4n) is 3.42. The Hall–Kier alpha value is -2.76. The molecule has 0 unspecified atom stereocenters. The van der Waals surface area contributed by atoms with E-state index in [0.717, 1.165) is 5.56 Å². The molecular formula is C22H31N5O5S. The molecule has 0 saturated carbocycles. The van der Waals surface area contributed by atoms with E-state index in [1.54, 1.807) is 44.5 Å². The lowest BCUT2D eigenvalue weighted by molar-refractivity contribution is 0.0985. The van der Waals surface area contributed by atoms with Gasteiger partial charge in [-0.1, -0.05) is 0 Å². The summed E-state index contributed by atoms with van der Waals surface area (Å²) in [5.74, 6) is 0.933. The van der Waals surface area contributed by atoms with Crippen LogP contribution in [0, 0.1) is 0 Å². The lowest BCUT2D eigenvalue weighted by Crippen LogP contribution is -2.44. The molecule has 0 bridgehead atoms. The van der Waals surface area contributed by atoms with Gasteiger partial charge in [-0.05, 0) is 31.2 Å². The fourth-order valence-corrected chi connectivity index (χ4v) is 4.11. The van der Waals surface area contributed by atoms with Gasteiger partial charge in [-0.25, -0.2) is 23.2 Å².